The number of amides is 1. The molecule has 2 N–H and O–H groups in total. The van der Waals surface area contributed by atoms with Gasteiger partial charge in [-0.1, -0.05) is 49.2 Å². The number of carbonyl (C=O) groups is 1. The van der Waals surface area contributed by atoms with Crippen LogP contribution in [0.25, 0.3) is 16.7 Å². The summed E-state index contributed by atoms with van der Waals surface area (Å²) in [6, 6.07) is 15.0. The lowest BCUT2D eigenvalue weighted by molar-refractivity contribution is 0.0926. The number of para-hydroxylation sites is 1. The summed E-state index contributed by atoms with van der Waals surface area (Å²) in [4.78, 5) is 22.4. The highest BCUT2D eigenvalue weighted by molar-refractivity contribution is 6.32. The number of fused-ring (bicyclic) bond motifs is 1. The maximum absolute atomic E-state index is 12.6. The Morgan fingerprint density at radius 1 is 1.03 bits per heavy atom. The number of halogens is 2. The first-order valence-electron chi connectivity index (χ1n) is 12.8. The quantitative estimate of drug-likeness (QED) is 0.271. The van der Waals surface area contributed by atoms with E-state index in [0.29, 0.717) is 15.6 Å². The maximum atomic E-state index is 12.6. The van der Waals surface area contributed by atoms with Crippen molar-refractivity contribution in [3.8, 4) is 5.69 Å². The zero-order chi connectivity index (χ0) is 25.9. The van der Waals surface area contributed by atoms with Crippen molar-refractivity contribution in [3.63, 3.8) is 0 Å². The van der Waals surface area contributed by atoms with E-state index in [0.717, 1.165) is 60.5 Å². The molecule has 9 heteroatoms. The first-order valence-corrected chi connectivity index (χ1v) is 13.5. The van der Waals surface area contributed by atoms with Gasteiger partial charge in [0.25, 0.3) is 5.91 Å². The van der Waals surface area contributed by atoms with E-state index in [2.05, 4.69) is 29.6 Å². The van der Waals surface area contributed by atoms with Crippen molar-refractivity contribution in [3.05, 3.63) is 76.2 Å². The number of carbonyl (C=O) groups excluding carboxylic acids is 1. The average Bonchev–Trinajstić information content (AvgIpc) is 3.34. The molecule has 1 saturated carbocycles. The van der Waals surface area contributed by atoms with Crippen molar-refractivity contribution in [2.45, 2.75) is 64.0 Å². The molecule has 0 saturated heterocycles. The molecular formula is C28H30Cl2N6O. The Labute approximate surface area is 226 Å². The number of rotatable bonds is 7. The molecule has 1 aliphatic rings. The maximum Gasteiger partial charge on any atom is 0.251 e. The Morgan fingerprint density at radius 2 is 1.73 bits per heavy atom. The molecule has 192 valence electrons. The Kier molecular flexibility index (Phi) is 7.63. The van der Waals surface area contributed by atoms with Crippen LogP contribution in [0.1, 0.15) is 68.1 Å². The molecule has 2 aromatic heterocycles. The Bertz CT molecular complexity index is 1400. The fraction of sp³-hybridized carbons (Fsp3) is 0.357. The van der Waals surface area contributed by atoms with E-state index in [1.807, 2.05) is 24.3 Å². The minimum Gasteiger partial charge on any atom is -0.367 e. The van der Waals surface area contributed by atoms with Crippen LogP contribution in [0.5, 0.6) is 0 Å². The van der Waals surface area contributed by atoms with Crippen LogP contribution in [0.4, 0.5) is 5.82 Å². The largest absolute Gasteiger partial charge is 0.367 e. The van der Waals surface area contributed by atoms with Crippen LogP contribution in [0, 0.1) is 0 Å². The standard InChI is InChI=1S/C28H30Cl2N6O/c1-3-17(2)25-34-26(22-16-31-36(27(22)35-25)24-7-5-4-6-23(24)30)32-20-12-14-21(15-13-20)33-28(37)18-8-10-19(29)11-9-18/h4-11,16-17,20-21H,3,12-15H2,1-2H3,(H,33,37)(H,32,34,35)/t17-,20?,21?/m1/s1. The molecule has 1 atom stereocenters. The number of nitrogens with one attached hydrogen (secondary N) is 2. The molecule has 0 bridgehead atoms. The average molecular weight is 537 g/mol. The predicted molar refractivity (Wildman–Crippen MR) is 149 cm³/mol. The van der Waals surface area contributed by atoms with Gasteiger partial charge in [0.1, 0.15) is 11.6 Å². The van der Waals surface area contributed by atoms with Gasteiger partial charge in [0.05, 0.1) is 22.3 Å². The number of benzene rings is 2. The van der Waals surface area contributed by atoms with Gasteiger partial charge < -0.3 is 10.6 Å². The lowest BCUT2D eigenvalue weighted by Gasteiger charge is -2.30. The lowest BCUT2D eigenvalue weighted by atomic mass is 9.91. The zero-order valence-corrected chi connectivity index (χ0v) is 22.4. The summed E-state index contributed by atoms with van der Waals surface area (Å²) >= 11 is 12.4. The Morgan fingerprint density at radius 3 is 2.43 bits per heavy atom. The van der Waals surface area contributed by atoms with Gasteiger partial charge in [-0.3, -0.25) is 4.79 Å². The van der Waals surface area contributed by atoms with Gasteiger partial charge >= 0.3 is 0 Å². The fourth-order valence-corrected chi connectivity index (χ4v) is 5.02. The highest BCUT2D eigenvalue weighted by Gasteiger charge is 2.25. The van der Waals surface area contributed by atoms with Crippen LogP contribution in [-0.2, 0) is 0 Å². The van der Waals surface area contributed by atoms with Gasteiger partial charge in [0, 0.05) is 28.6 Å². The second kappa shape index (κ2) is 11.1. The molecule has 4 aromatic rings. The van der Waals surface area contributed by atoms with Crippen LogP contribution in [0.2, 0.25) is 10.0 Å². The predicted octanol–water partition coefficient (Wildman–Crippen LogP) is 6.79. The molecule has 0 spiro atoms. The van der Waals surface area contributed by atoms with E-state index in [9.17, 15) is 4.79 Å². The third-order valence-corrected chi connectivity index (χ3v) is 7.66. The van der Waals surface area contributed by atoms with Crippen molar-refractivity contribution in [2.24, 2.45) is 0 Å². The molecular weight excluding hydrogens is 507 g/mol. The third kappa shape index (κ3) is 5.58. The summed E-state index contributed by atoms with van der Waals surface area (Å²) < 4.78 is 1.79. The summed E-state index contributed by atoms with van der Waals surface area (Å²) in [5.74, 6) is 1.73. The topological polar surface area (TPSA) is 84.7 Å². The molecule has 0 unspecified atom stereocenters. The molecule has 1 aliphatic carbocycles. The summed E-state index contributed by atoms with van der Waals surface area (Å²) in [6.45, 7) is 4.27. The monoisotopic (exact) mass is 536 g/mol. The highest BCUT2D eigenvalue weighted by atomic mass is 35.5. The smallest absolute Gasteiger partial charge is 0.251 e. The summed E-state index contributed by atoms with van der Waals surface area (Å²) in [5.41, 5.74) is 2.15. The first kappa shape index (κ1) is 25.5. The zero-order valence-electron chi connectivity index (χ0n) is 20.9. The van der Waals surface area contributed by atoms with Crippen LogP contribution in [-0.4, -0.2) is 37.7 Å². The SMILES string of the molecule is CC[C@@H](C)c1nc(NC2CCC(NC(=O)c3ccc(Cl)cc3)CC2)c2cnn(-c3ccccc3Cl)c2n1. The summed E-state index contributed by atoms with van der Waals surface area (Å²) in [7, 11) is 0. The van der Waals surface area contributed by atoms with Crippen LogP contribution in [0.15, 0.2) is 54.7 Å². The summed E-state index contributed by atoms with van der Waals surface area (Å²) in [5, 5.41) is 13.6. The van der Waals surface area contributed by atoms with Crippen molar-refractivity contribution in [1.82, 2.24) is 25.1 Å². The molecule has 2 aromatic carbocycles. The highest BCUT2D eigenvalue weighted by Crippen LogP contribution is 2.30. The fourth-order valence-electron chi connectivity index (χ4n) is 4.68. The second-order valence-electron chi connectivity index (χ2n) is 9.66. The molecule has 5 rings (SSSR count). The van der Waals surface area contributed by atoms with Gasteiger partial charge in [0.15, 0.2) is 5.65 Å². The number of anilines is 1. The van der Waals surface area contributed by atoms with Crippen molar-refractivity contribution in [2.75, 3.05) is 5.32 Å². The van der Waals surface area contributed by atoms with Gasteiger partial charge in [0.2, 0.25) is 0 Å². The van der Waals surface area contributed by atoms with Gasteiger partial charge in [-0.15, -0.1) is 0 Å². The Hall–Kier alpha value is -3.16. The van der Waals surface area contributed by atoms with Crippen molar-refractivity contribution >= 4 is 46.0 Å². The number of hydrogen-bond acceptors (Lipinski definition) is 5. The third-order valence-electron chi connectivity index (χ3n) is 7.09. The number of hydrogen-bond donors (Lipinski definition) is 2. The number of aromatic nitrogens is 4. The first-order chi connectivity index (χ1) is 17.9. The molecule has 0 aliphatic heterocycles. The second-order valence-corrected chi connectivity index (χ2v) is 10.5. The number of nitrogens with zero attached hydrogens (tertiary/aromatic N) is 4. The molecule has 1 amide bonds. The molecule has 37 heavy (non-hydrogen) atoms. The minimum atomic E-state index is -0.0595. The van der Waals surface area contributed by atoms with Gasteiger partial charge in [-0.2, -0.15) is 5.10 Å². The van der Waals surface area contributed by atoms with Crippen LogP contribution >= 0.6 is 23.2 Å². The normalized spacial score (nSPS) is 18.5. The van der Waals surface area contributed by atoms with Crippen LogP contribution < -0.4 is 10.6 Å². The summed E-state index contributed by atoms with van der Waals surface area (Å²) in [6.07, 6.45) is 6.37. The van der Waals surface area contributed by atoms with Gasteiger partial charge in [-0.05, 0) is 68.5 Å². The molecule has 2 heterocycles. The lowest BCUT2D eigenvalue weighted by Crippen LogP contribution is -2.40. The van der Waals surface area contributed by atoms with E-state index in [1.165, 1.54) is 0 Å². The van der Waals surface area contributed by atoms with Crippen molar-refractivity contribution in [1.29, 1.82) is 0 Å². The Balaban J connectivity index is 1.33. The van der Waals surface area contributed by atoms with E-state index >= 15 is 0 Å². The van der Waals surface area contributed by atoms with Crippen LogP contribution in [0.3, 0.4) is 0 Å². The molecule has 0 radical (unpaired) electrons. The minimum absolute atomic E-state index is 0.0595. The van der Waals surface area contributed by atoms with E-state index in [4.69, 9.17) is 33.2 Å². The van der Waals surface area contributed by atoms with E-state index < -0.39 is 0 Å². The van der Waals surface area contributed by atoms with E-state index in [1.54, 1.807) is 35.1 Å². The molecule has 1 fully saturated rings. The van der Waals surface area contributed by atoms with E-state index in [-0.39, 0.29) is 23.9 Å². The van der Waals surface area contributed by atoms with Crippen molar-refractivity contribution < 1.29 is 4.79 Å². The molecule has 7 nitrogen and oxygen atoms in total. The van der Waals surface area contributed by atoms with Gasteiger partial charge in [-0.25, -0.2) is 14.6 Å².